The van der Waals surface area contributed by atoms with Crippen molar-refractivity contribution in [3.05, 3.63) is 0 Å². The second-order valence-electron chi connectivity index (χ2n) is 4.91. The van der Waals surface area contributed by atoms with E-state index in [0.29, 0.717) is 12.3 Å². The number of carbonyl (C=O) groups is 1. The van der Waals surface area contributed by atoms with Gasteiger partial charge >= 0.3 is 0 Å². The van der Waals surface area contributed by atoms with Gasteiger partial charge in [-0.1, -0.05) is 33.1 Å². The third kappa shape index (κ3) is 3.49. The number of aliphatic hydroxyl groups excluding tert-OH is 1. The molecule has 1 saturated carbocycles. The lowest BCUT2D eigenvalue weighted by Crippen LogP contribution is -2.49. The highest BCUT2D eigenvalue weighted by Crippen LogP contribution is 2.29. The number of carbonyl (C=O) groups excluding carboxylic acids is 1. The molecule has 0 saturated heterocycles. The number of hydrogen-bond acceptors (Lipinski definition) is 2. The Morgan fingerprint density at radius 2 is 2.07 bits per heavy atom. The van der Waals surface area contributed by atoms with Crippen LogP contribution in [0.15, 0.2) is 0 Å². The lowest BCUT2D eigenvalue weighted by molar-refractivity contribution is -0.124. The van der Waals surface area contributed by atoms with Crippen molar-refractivity contribution in [2.75, 3.05) is 6.61 Å². The Kier molecular flexibility index (Phi) is 4.58. The summed E-state index contributed by atoms with van der Waals surface area (Å²) in [5.41, 5.74) is -0.301. The van der Waals surface area contributed by atoms with E-state index in [-0.39, 0.29) is 18.1 Å². The van der Waals surface area contributed by atoms with Crippen molar-refractivity contribution in [2.45, 2.75) is 57.9 Å². The van der Waals surface area contributed by atoms with Crippen molar-refractivity contribution in [1.29, 1.82) is 0 Å². The maximum absolute atomic E-state index is 11.7. The summed E-state index contributed by atoms with van der Waals surface area (Å²) in [4.78, 5) is 11.7. The molecule has 1 amide bonds. The summed E-state index contributed by atoms with van der Waals surface area (Å²) >= 11 is 0. The van der Waals surface area contributed by atoms with Crippen molar-refractivity contribution in [1.82, 2.24) is 5.32 Å². The maximum Gasteiger partial charge on any atom is 0.220 e. The van der Waals surface area contributed by atoms with Gasteiger partial charge in [-0.05, 0) is 18.8 Å². The minimum absolute atomic E-state index is 0.0826. The van der Waals surface area contributed by atoms with E-state index < -0.39 is 0 Å². The molecular weight excluding hydrogens is 190 g/mol. The van der Waals surface area contributed by atoms with Gasteiger partial charge in [-0.25, -0.2) is 0 Å². The number of amides is 1. The van der Waals surface area contributed by atoms with Crippen LogP contribution >= 0.6 is 0 Å². The molecule has 0 aliphatic heterocycles. The number of aliphatic hydroxyl groups is 1. The van der Waals surface area contributed by atoms with Crippen molar-refractivity contribution in [2.24, 2.45) is 5.92 Å². The van der Waals surface area contributed by atoms with Crippen LogP contribution in [0.3, 0.4) is 0 Å². The fourth-order valence-corrected chi connectivity index (χ4v) is 2.18. The molecule has 1 unspecified atom stereocenters. The predicted molar refractivity (Wildman–Crippen MR) is 60.5 cm³/mol. The van der Waals surface area contributed by atoms with E-state index >= 15 is 0 Å². The monoisotopic (exact) mass is 213 g/mol. The Balaban J connectivity index is 2.41. The van der Waals surface area contributed by atoms with Crippen molar-refractivity contribution < 1.29 is 9.90 Å². The van der Waals surface area contributed by atoms with Gasteiger partial charge in [0, 0.05) is 6.42 Å². The highest BCUT2D eigenvalue weighted by Gasteiger charge is 2.34. The highest BCUT2D eigenvalue weighted by atomic mass is 16.3. The number of nitrogens with one attached hydrogen (secondary N) is 1. The summed E-state index contributed by atoms with van der Waals surface area (Å²) in [6.07, 6.45) is 5.69. The molecule has 0 aromatic rings. The van der Waals surface area contributed by atoms with Crippen LogP contribution in [0, 0.1) is 5.92 Å². The maximum atomic E-state index is 11.7. The van der Waals surface area contributed by atoms with Gasteiger partial charge in [0.2, 0.25) is 5.91 Å². The van der Waals surface area contributed by atoms with Gasteiger partial charge in [0.1, 0.15) is 0 Å². The van der Waals surface area contributed by atoms with Crippen molar-refractivity contribution in [3.8, 4) is 0 Å². The van der Waals surface area contributed by atoms with Gasteiger partial charge in [-0.3, -0.25) is 4.79 Å². The summed E-state index contributed by atoms with van der Waals surface area (Å²) < 4.78 is 0. The quantitative estimate of drug-likeness (QED) is 0.732. The molecule has 2 N–H and O–H groups in total. The second kappa shape index (κ2) is 5.50. The molecule has 0 spiro atoms. The Labute approximate surface area is 92.3 Å². The standard InChI is InChI=1S/C12H23NO2/c1-3-10(2)8-11(15)13-12(9-14)6-4-5-7-12/h10,14H,3-9H2,1-2H3,(H,13,15). The Bertz CT molecular complexity index is 210. The smallest absolute Gasteiger partial charge is 0.220 e. The first kappa shape index (κ1) is 12.5. The van der Waals surface area contributed by atoms with Crippen molar-refractivity contribution >= 4 is 5.91 Å². The molecule has 1 atom stereocenters. The van der Waals surface area contributed by atoms with E-state index in [1.165, 1.54) is 0 Å². The first-order valence-corrected chi connectivity index (χ1v) is 6.04. The zero-order chi connectivity index (χ0) is 11.3. The van der Waals surface area contributed by atoms with Crippen LogP contribution in [-0.4, -0.2) is 23.2 Å². The Hall–Kier alpha value is -0.570. The van der Waals surface area contributed by atoms with E-state index in [1.807, 2.05) is 0 Å². The summed E-state index contributed by atoms with van der Waals surface area (Å²) in [6, 6.07) is 0. The van der Waals surface area contributed by atoms with Gasteiger partial charge in [0.25, 0.3) is 0 Å². The highest BCUT2D eigenvalue weighted by molar-refractivity contribution is 5.77. The minimum Gasteiger partial charge on any atom is -0.394 e. The lowest BCUT2D eigenvalue weighted by Gasteiger charge is -2.28. The van der Waals surface area contributed by atoms with Crippen LogP contribution in [0.2, 0.25) is 0 Å². The second-order valence-corrected chi connectivity index (χ2v) is 4.91. The SMILES string of the molecule is CCC(C)CC(=O)NC1(CO)CCCC1. The summed E-state index contributed by atoms with van der Waals surface area (Å²) in [7, 11) is 0. The average molecular weight is 213 g/mol. The molecule has 3 heteroatoms. The topological polar surface area (TPSA) is 49.3 Å². The van der Waals surface area contributed by atoms with Gasteiger partial charge < -0.3 is 10.4 Å². The van der Waals surface area contributed by atoms with E-state index in [9.17, 15) is 9.90 Å². The molecule has 1 rings (SSSR count). The zero-order valence-electron chi connectivity index (χ0n) is 9.88. The number of hydrogen-bond donors (Lipinski definition) is 2. The summed E-state index contributed by atoms with van der Waals surface area (Å²) in [5.74, 6) is 0.530. The molecule has 3 nitrogen and oxygen atoms in total. The molecule has 0 radical (unpaired) electrons. The fraction of sp³-hybridized carbons (Fsp3) is 0.917. The van der Waals surface area contributed by atoms with Crippen LogP contribution in [-0.2, 0) is 4.79 Å². The third-order valence-corrected chi connectivity index (χ3v) is 3.50. The molecule has 15 heavy (non-hydrogen) atoms. The molecule has 1 fully saturated rings. The molecule has 0 heterocycles. The zero-order valence-corrected chi connectivity index (χ0v) is 9.88. The summed E-state index contributed by atoms with van der Waals surface area (Å²) in [6.45, 7) is 4.26. The van der Waals surface area contributed by atoms with Gasteiger partial charge in [0.15, 0.2) is 0 Å². The molecule has 1 aliphatic carbocycles. The fourth-order valence-electron chi connectivity index (χ4n) is 2.18. The van der Waals surface area contributed by atoms with Crippen LogP contribution in [0.1, 0.15) is 52.4 Å². The van der Waals surface area contributed by atoms with Crippen LogP contribution in [0.25, 0.3) is 0 Å². The average Bonchev–Trinajstić information content (AvgIpc) is 2.66. The molecule has 0 aromatic heterocycles. The molecule has 88 valence electrons. The molecule has 1 aliphatic rings. The van der Waals surface area contributed by atoms with E-state index in [2.05, 4.69) is 19.2 Å². The molecule has 0 aromatic carbocycles. The van der Waals surface area contributed by atoms with Gasteiger partial charge in [-0.2, -0.15) is 0 Å². The van der Waals surface area contributed by atoms with Gasteiger partial charge in [-0.15, -0.1) is 0 Å². The van der Waals surface area contributed by atoms with Crippen molar-refractivity contribution in [3.63, 3.8) is 0 Å². The predicted octanol–water partition coefficient (Wildman–Crippen LogP) is 1.84. The summed E-state index contributed by atoms with van der Waals surface area (Å²) in [5, 5.41) is 12.4. The molecule has 0 bridgehead atoms. The molecular formula is C12H23NO2. The van der Waals surface area contributed by atoms with Crippen LogP contribution in [0.4, 0.5) is 0 Å². The first-order valence-electron chi connectivity index (χ1n) is 6.04. The number of rotatable bonds is 5. The Morgan fingerprint density at radius 3 is 2.53 bits per heavy atom. The Morgan fingerprint density at radius 1 is 1.47 bits per heavy atom. The van der Waals surface area contributed by atoms with Gasteiger partial charge in [0.05, 0.1) is 12.1 Å². The lowest BCUT2D eigenvalue weighted by atomic mass is 9.97. The van der Waals surface area contributed by atoms with Crippen LogP contribution in [0.5, 0.6) is 0 Å². The van der Waals surface area contributed by atoms with Crippen LogP contribution < -0.4 is 5.32 Å². The first-order chi connectivity index (χ1) is 7.12. The third-order valence-electron chi connectivity index (χ3n) is 3.50. The minimum atomic E-state index is -0.301. The largest absolute Gasteiger partial charge is 0.394 e. The van der Waals surface area contributed by atoms with E-state index in [1.54, 1.807) is 0 Å². The van der Waals surface area contributed by atoms with E-state index in [4.69, 9.17) is 0 Å². The normalized spacial score (nSPS) is 21.3. The van der Waals surface area contributed by atoms with E-state index in [0.717, 1.165) is 32.1 Å².